The number of primary amides is 1. The van der Waals surface area contributed by atoms with Gasteiger partial charge in [-0.05, 0) is 25.8 Å². The molecule has 0 unspecified atom stereocenters. The fourth-order valence-electron chi connectivity index (χ4n) is 2.75. The van der Waals surface area contributed by atoms with E-state index >= 15 is 0 Å². The average Bonchev–Trinajstić information content (AvgIpc) is 2.55. The molecule has 1 atom stereocenters. The number of hydrogen-bond donors (Lipinski definition) is 1. The Morgan fingerprint density at radius 2 is 2.09 bits per heavy atom. The molecule has 2 N–H and O–H groups in total. The average molecular weight is 298 g/mol. The normalized spacial score (nSPS) is 18.2. The zero-order valence-corrected chi connectivity index (χ0v) is 12.4. The standard InChI is InChI=1S/C15H18N6O/c1-10-12(13(16)22)8-19-14(20-10)11-4-2-7-21(9-11)15-17-5-3-6-18-15/h3,5-6,8,11H,2,4,7,9H2,1H3,(H2,16,22)/t11-/m1/s1. The lowest BCUT2D eigenvalue weighted by Gasteiger charge is -2.32. The lowest BCUT2D eigenvalue weighted by molar-refractivity contribution is 0.0999. The van der Waals surface area contributed by atoms with E-state index in [0.717, 1.165) is 37.7 Å². The van der Waals surface area contributed by atoms with Crippen molar-refractivity contribution >= 4 is 11.9 Å². The Morgan fingerprint density at radius 3 is 2.77 bits per heavy atom. The molecule has 2 aromatic rings. The van der Waals surface area contributed by atoms with E-state index in [1.807, 2.05) is 0 Å². The molecule has 22 heavy (non-hydrogen) atoms. The molecule has 7 heteroatoms. The molecule has 1 aliphatic heterocycles. The van der Waals surface area contributed by atoms with Crippen LogP contribution in [0.1, 0.15) is 40.6 Å². The molecule has 1 amide bonds. The van der Waals surface area contributed by atoms with E-state index in [9.17, 15) is 4.79 Å². The Bertz CT molecular complexity index is 675. The van der Waals surface area contributed by atoms with E-state index < -0.39 is 5.91 Å². The summed E-state index contributed by atoms with van der Waals surface area (Å²) < 4.78 is 0. The van der Waals surface area contributed by atoms with Gasteiger partial charge in [-0.15, -0.1) is 0 Å². The molecule has 3 rings (SSSR count). The molecule has 0 aromatic carbocycles. The summed E-state index contributed by atoms with van der Waals surface area (Å²) in [4.78, 5) is 30.8. The summed E-state index contributed by atoms with van der Waals surface area (Å²) in [6.45, 7) is 3.49. The highest BCUT2D eigenvalue weighted by molar-refractivity contribution is 5.93. The van der Waals surface area contributed by atoms with Crippen LogP contribution < -0.4 is 10.6 Å². The van der Waals surface area contributed by atoms with Gasteiger partial charge in [-0.2, -0.15) is 0 Å². The zero-order chi connectivity index (χ0) is 15.5. The fraction of sp³-hybridized carbons (Fsp3) is 0.400. The highest BCUT2D eigenvalue weighted by atomic mass is 16.1. The van der Waals surface area contributed by atoms with Gasteiger partial charge < -0.3 is 10.6 Å². The fourth-order valence-corrected chi connectivity index (χ4v) is 2.75. The molecule has 1 saturated heterocycles. The second-order valence-corrected chi connectivity index (χ2v) is 5.43. The van der Waals surface area contributed by atoms with Crippen molar-refractivity contribution in [2.24, 2.45) is 5.73 Å². The first-order valence-electron chi connectivity index (χ1n) is 7.30. The van der Waals surface area contributed by atoms with E-state index in [-0.39, 0.29) is 5.92 Å². The van der Waals surface area contributed by atoms with Crippen LogP contribution in [0, 0.1) is 6.92 Å². The summed E-state index contributed by atoms with van der Waals surface area (Å²) in [6, 6.07) is 1.81. The monoisotopic (exact) mass is 298 g/mol. The van der Waals surface area contributed by atoms with Crippen molar-refractivity contribution in [2.75, 3.05) is 18.0 Å². The lowest BCUT2D eigenvalue weighted by Crippen LogP contribution is -2.36. The molecule has 7 nitrogen and oxygen atoms in total. The SMILES string of the molecule is Cc1nc([C@@H]2CCCN(c3ncccn3)C2)ncc1C(N)=O. The van der Waals surface area contributed by atoms with Crippen LogP contribution in [-0.2, 0) is 0 Å². The van der Waals surface area contributed by atoms with Crippen LogP contribution in [-0.4, -0.2) is 38.9 Å². The van der Waals surface area contributed by atoms with E-state index in [1.165, 1.54) is 6.20 Å². The van der Waals surface area contributed by atoms with Gasteiger partial charge in [0.25, 0.3) is 5.91 Å². The van der Waals surface area contributed by atoms with Crippen molar-refractivity contribution in [2.45, 2.75) is 25.7 Å². The summed E-state index contributed by atoms with van der Waals surface area (Å²) >= 11 is 0. The van der Waals surface area contributed by atoms with Crippen LogP contribution in [0.4, 0.5) is 5.95 Å². The van der Waals surface area contributed by atoms with Gasteiger partial charge >= 0.3 is 0 Å². The number of nitrogens with two attached hydrogens (primary N) is 1. The Morgan fingerprint density at radius 1 is 1.32 bits per heavy atom. The third-order valence-electron chi connectivity index (χ3n) is 3.88. The number of piperidine rings is 1. The van der Waals surface area contributed by atoms with Gasteiger partial charge in [-0.25, -0.2) is 19.9 Å². The zero-order valence-electron chi connectivity index (χ0n) is 12.4. The van der Waals surface area contributed by atoms with Gasteiger partial charge in [0.1, 0.15) is 5.82 Å². The largest absolute Gasteiger partial charge is 0.365 e. The summed E-state index contributed by atoms with van der Waals surface area (Å²) in [5.41, 5.74) is 6.31. The van der Waals surface area contributed by atoms with Crippen LogP contribution in [0.15, 0.2) is 24.7 Å². The molecule has 1 fully saturated rings. The van der Waals surface area contributed by atoms with Gasteiger partial charge in [0.15, 0.2) is 0 Å². The van der Waals surface area contributed by atoms with Crippen molar-refractivity contribution in [1.29, 1.82) is 0 Å². The van der Waals surface area contributed by atoms with Gasteiger partial charge in [-0.3, -0.25) is 4.79 Å². The van der Waals surface area contributed by atoms with Gasteiger partial charge in [-0.1, -0.05) is 0 Å². The van der Waals surface area contributed by atoms with Gasteiger partial charge in [0.2, 0.25) is 5.95 Å². The number of hydrogen-bond acceptors (Lipinski definition) is 6. The smallest absolute Gasteiger partial charge is 0.252 e. The Kier molecular flexibility index (Phi) is 3.95. The van der Waals surface area contributed by atoms with E-state index in [1.54, 1.807) is 25.4 Å². The molecule has 114 valence electrons. The second kappa shape index (κ2) is 6.05. The molecule has 1 aliphatic rings. The molecule has 0 radical (unpaired) electrons. The molecule has 0 spiro atoms. The van der Waals surface area contributed by atoms with E-state index in [4.69, 9.17) is 5.73 Å². The molecular weight excluding hydrogens is 280 g/mol. The van der Waals surface area contributed by atoms with Crippen LogP contribution in [0.2, 0.25) is 0 Å². The summed E-state index contributed by atoms with van der Waals surface area (Å²) in [7, 11) is 0. The quantitative estimate of drug-likeness (QED) is 0.909. The Labute approximate surface area is 128 Å². The molecule has 0 aliphatic carbocycles. The summed E-state index contributed by atoms with van der Waals surface area (Å²) in [5.74, 6) is 1.20. The van der Waals surface area contributed by atoms with Crippen molar-refractivity contribution in [1.82, 2.24) is 19.9 Å². The molecular formula is C15H18N6O. The molecule has 0 saturated carbocycles. The first-order chi connectivity index (χ1) is 10.6. The van der Waals surface area contributed by atoms with Crippen LogP contribution >= 0.6 is 0 Å². The lowest BCUT2D eigenvalue weighted by atomic mass is 9.97. The Balaban J connectivity index is 1.80. The highest BCUT2D eigenvalue weighted by Gasteiger charge is 2.25. The second-order valence-electron chi connectivity index (χ2n) is 5.43. The van der Waals surface area contributed by atoms with E-state index in [2.05, 4.69) is 24.8 Å². The summed E-state index contributed by atoms with van der Waals surface area (Å²) in [6.07, 6.45) is 7.06. The first-order valence-corrected chi connectivity index (χ1v) is 7.30. The predicted molar refractivity (Wildman–Crippen MR) is 81.5 cm³/mol. The maximum absolute atomic E-state index is 11.3. The number of rotatable bonds is 3. The van der Waals surface area contributed by atoms with Gasteiger partial charge in [0.05, 0.1) is 11.3 Å². The minimum Gasteiger partial charge on any atom is -0.365 e. The van der Waals surface area contributed by atoms with E-state index in [0.29, 0.717) is 11.3 Å². The third-order valence-corrected chi connectivity index (χ3v) is 3.88. The van der Waals surface area contributed by atoms with Gasteiger partial charge in [0, 0.05) is 37.6 Å². The van der Waals surface area contributed by atoms with Crippen LogP contribution in [0.5, 0.6) is 0 Å². The molecule has 2 aromatic heterocycles. The minimum absolute atomic E-state index is 0.207. The third kappa shape index (κ3) is 2.88. The van der Waals surface area contributed by atoms with Crippen molar-refractivity contribution in [3.8, 4) is 0 Å². The van der Waals surface area contributed by atoms with Crippen molar-refractivity contribution in [3.63, 3.8) is 0 Å². The maximum atomic E-state index is 11.3. The number of aromatic nitrogens is 4. The number of anilines is 1. The minimum atomic E-state index is -0.494. The maximum Gasteiger partial charge on any atom is 0.252 e. The Hall–Kier alpha value is -2.57. The predicted octanol–water partition coefficient (Wildman–Crippen LogP) is 1.06. The topological polar surface area (TPSA) is 97.9 Å². The molecule has 3 heterocycles. The number of carbonyl (C=O) groups is 1. The number of aryl methyl sites for hydroxylation is 1. The number of nitrogens with zero attached hydrogens (tertiary/aromatic N) is 5. The number of amides is 1. The highest BCUT2D eigenvalue weighted by Crippen LogP contribution is 2.26. The number of carbonyl (C=O) groups excluding carboxylic acids is 1. The summed E-state index contributed by atoms with van der Waals surface area (Å²) in [5, 5.41) is 0. The van der Waals surface area contributed by atoms with Crippen LogP contribution in [0.3, 0.4) is 0 Å². The van der Waals surface area contributed by atoms with Crippen molar-refractivity contribution in [3.05, 3.63) is 41.7 Å². The van der Waals surface area contributed by atoms with Crippen molar-refractivity contribution < 1.29 is 4.79 Å². The van der Waals surface area contributed by atoms with Crippen LogP contribution in [0.25, 0.3) is 0 Å². The first kappa shape index (κ1) is 14.4. The molecule has 0 bridgehead atoms.